The van der Waals surface area contributed by atoms with E-state index >= 15 is 0 Å². The average molecular weight is 187 g/mol. The Kier molecular flexibility index (Phi) is 6.35. The first-order valence-corrected chi connectivity index (χ1v) is 5.40. The molecule has 0 bridgehead atoms. The average Bonchev–Trinajstić information content (AvgIpc) is 2.12. The molecule has 0 radical (unpaired) electrons. The molecule has 13 heavy (non-hydrogen) atoms. The molecule has 0 unspecified atom stereocenters. The van der Waals surface area contributed by atoms with Crippen molar-refractivity contribution in [3.05, 3.63) is 0 Å². The van der Waals surface area contributed by atoms with Crippen LogP contribution in [0.4, 0.5) is 0 Å². The highest BCUT2D eigenvalue weighted by Gasteiger charge is 2.17. The highest BCUT2D eigenvalue weighted by Crippen LogP contribution is 2.12. The molecule has 0 heterocycles. The summed E-state index contributed by atoms with van der Waals surface area (Å²) >= 11 is 0. The van der Waals surface area contributed by atoms with Crippen LogP contribution in [-0.4, -0.2) is 24.8 Å². The molecule has 0 saturated heterocycles. The van der Waals surface area contributed by atoms with E-state index in [1.165, 1.54) is 12.8 Å². The maximum atomic E-state index is 5.46. The molecule has 0 aromatic carbocycles. The van der Waals surface area contributed by atoms with Crippen molar-refractivity contribution < 1.29 is 4.74 Å². The Morgan fingerprint density at radius 3 is 2.15 bits per heavy atom. The lowest BCUT2D eigenvalue weighted by Crippen LogP contribution is -2.42. The molecular formula is C11H25NO. The summed E-state index contributed by atoms with van der Waals surface area (Å²) in [4.78, 5) is 0. The fourth-order valence-electron chi connectivity index (χ4n) is 1.15. The number of ether oxygens (including phenoxy) is 1. The second-order valence-corrected chi connectivity index (χ2v) is 4.11. The Morgan fingerprint density at radius 2 is 1.77 bits per heavy atom. The van der Waals surface area contributed by atoms with Gasteiger partial charge in [-0.3, -0.25) is 0 Å². The van der Waals surface area contributed by atoms with E-state index in [-0.39, 0.29) is 0 Å². The van der Waals surface area contributed by atoms with Crippen LogP contribution in [0, 0.1) is 0 Å². The van der Waals surface area contributed by atoms with Crippen molar-refractivity contribution in [1.82, 2.24) is 5.32 Å². The number of rotatable bonds is 7. The van der Waals surface area contributed by atoms with Crippen LogP contribution < -0.4 is 5.32 Å². The molecule has 0 rings (SSSR count). The van der Waals surface area contributed by atoms with Gasteiger partial charge in [0.15, 0.2) is 0 Å². The summed E-state index contributed by atoms with van der Waals surface area (Å²) in [5.41, 5.74) is 0.292. The van der Waals surface area contributed by atoms with E-state index in [4.69, 9.17) is 4.74 Å². The second-order valence-electron chi connectivity index (χ2n) is 4.11. The molecule has 0 aliphatic rings. The second kappa shape index (κ2) is 6.39. The van der Waals surface area contributed by atoms with Gasteiger partial charge in [0.2, 0.25) is 0 Å². The van der Waals surface area contributed by atoms with E-state index < -0.39 is 0 Å². The van der Waals surface area contributed by atoms with Crippen LogP contribution in [0.5, 0.6) is 0 Å². The van der Waals surface area contributed by atoms with Crippen LogP contribution in [0.1, 0.15) is 47.5 Å². The van der Waals surface area contributed by atoms with E-state index in [0.717, 1.165) is 13.2 Å². The summed E-state index contributed by atoms with van der Waals surface area (Å²) in [6.07, 6.45) is 2.69. The van der Waals surface area contributed by atoms with E-state index in [9.17, 15) is 0 Å². The fourth-order valence-corrected chi connectivity index (χ4v) is 1.15. The third kappa shape index (κ3) is 6.05. The molecule has 0 saturated carbocycles. The summed E-state index contributed by atoms with van der Waals surface area (Å²) in [5, 5.41) is 3.53. The Labute approximate surface area is 83.1 Å². The van der Waals surface area contributed by atoms with Crippen molar-refractivity contribution >= 4 is 0 Å². The molecule has 0 atom stereocenters. The van der Waals surface area contributed by atoms with Gasteiger partial charge in [-0.1, -0.05) is 13.8 Å². The first-order chi connectivity index (χ1) is 6.04. The van der Waals surface area contributed by atoms with Crippen molar-refractivity contribution in [1.29, 1.82) is 0 Å². The molecule has 80 valence electrons. The standard InChI is InChI=1S/C11H25NO/c1-6-11(5,7-2)12-8-9-13-10(3)4/h10,12H,6-9H2,1-5H3. The maximum Gasteiger partial charge on any atom is 0.0594 e. The number of hydrogen-bond donors (Lipinski definition) is 1. The Bertz CT molecular complexity index is 119. The lowest BCUT2D eigenvalue weighted by Gasteiger charge is -2.28. The quantitative estimate of drug-likeness (QED) is 0.619. The lowest BCUT2D eigenvalue weighted by atomic mass is 9.96. The van der Waals surface area contributed by atoms with E-state index in [1.807, 2.05) is 0 Å². The van der Waals surface area contributed by atoms with Crippen molar-refractivity contribution in [2.45, 2.75) is 59.1 Å². The number of hydrogen-bond acceptors (Lipinski definition) is 2. The highest BCUT2D eigenvalue weighted by atomic mass is 16.5. The monoisotopic (exact) mass is 187 g/mol. The Hall–Kier alpha value is -0.0800. The molecule has 0 fully saturated rings. The van der Waals surface area contributed by atoms with Gasteiger partial charge in [0.05, 0.1) is 12.7 Å². The third-order valence-corrected chi connectivity index (χ3v) is 2.67. The fraction of sp³-hybridized carbons (Fsp3) is 1.00. The molecular weight excluding hydrogens is 162 g/mol. The van der Waals surface area contributed by atoms with Crippen molar-refractivity contribution in [2.75, 3.05) is 13.2 Å². The SMILES string of the molecule is CCC(C)(CC)NCCOC(C)C. The van der Waals surface area contributed by atoms with Crippen LogP contribution in [0.2, 0.25) is 0 Å². The minimum atomic E-state index is 0.292. The Balaban J connectivity index is 3.50. The van der Waals surface area contributed by atoms with Gasteiger partial charge in [-0.25, -0.2) is 0 Å². The predicted molar refractivity (Wildman–Crippen MR) is 58.1 cm³/mol. The first-order valence-electron chi connectivity index (χ1n) is 5.40. The minimum absolute atomic E-state index is 0.292. The largest absolute Gasteiger partial charge is 0.377 e. The topological polar surface area (TPSA) is 21.3 Å². The van der Waals surface area contributed by atoms with Crippen LogP contribution in [-0.2, 0) is 4.74 Å². The van der Waals surface area contributed by atoms with Gasteiger partial charge in [0, 0.05) is 12.1 Å². The zero-order valence-electron chi connectivity index (χ0n) is 9.81. The van der Waals surface area contributed by atoms with Crippen molar-refractivity contribution in [2.24, 2.45) is 0 Å². The van der Waals surface area contributed by atoms with Gasteiger partial charge >= 0.3 is 0 Å². The lowest BCUT2D eigenvalue weighted by molar-refractivity contribution is 0.0758. The van der Waals surface area contributed by atoms with Crippen molar-refractivity contribution in [3.63, 3.8) is 0 Å². The molecule has 0 spiro atoms. The van der Waals surface area contributed by atoms with Gasteiger partial charge in [0.25, 0.3) is 0 Å². The maximum absolute atomic E-state index is 5.46. The van der Waals surface area contributed by atoms with Crippen LogP contribution in [0.3, 0.4) is 0 Å². The summed E-state index contributed by atoms with van der Waals surface area (Å²) < 4.78 is 5.46. The van der Waals surface area contributed by atoms with E-state index in [0.29, 0.717) is 11.6 Å². The zero-order chi connectivity index (χ0) is 10.3. The summed E-state index contributed by atoms with van der Waals surface area (Å²) in [6.45, 7) is 12.6. The van der Waals surface area contributed by atoms with Gasteiger partial charge in [-0.15, -0.1) is 0 Å². The zero-order valence-corrected chi connectivity index (χ0v) is 9.81. The summed E-state index contributed by atoms with van der Waals surface area (Å²) in [6, 6.07) is 0. The van der Waals surface area contributed by atoms with E-state index in [2.05, 4.69) is 39.9 Å². The molecule has 2 heteroatoms. The summed E-state index contributed by atoms with van der Waals surface area (Å²) in [5.74, 6) is 0. The molecule has 0 aromatic rings. The first kappa shape index (κ1) is 12.9. The number of nitrogens with one attached hydrogen (secondary N) is 1. The van der Waals surface area contributed by atoms with Gasteiger partial charge in [-0.2, -0.15) is 0 Å². The predicted octanol–water partition coefficient (Wildman–Crippen LogP) is 2.58. The van der Waals surface area contributed by atoms with E-state index in [1.54, 1.807) is 0 Å². The van der Waals surface area contributed by atoms with Crippen LogP contribution in [0.25, 0.3) is 0 Å². The van der Waals surface area contributed by atoms with Crippen LogP contribution in [0.15, 0.2) is 0 Å². The summed E-state index contributed by atoms with van der Waals surface area (Å²) in [7, 11) is 0. The van der Waals surface area contributed by atoms with Crippen LogP contribution >= 0.6 is 0 Å². The smallest absolute Gasteiger partial charge is 0.0594 e. The molecule has 0 aliphatic heterocycles. The van der Waals surface area contributed by atoms with Gasteiger partial charge < -0.3 is 10.1 Å². The minimum Gasteiger partial charge on any atom is -0.377 e. The highest BCUT2D eigenvalue weighted by molar-refractivity contribution is 4.79. The molecule has 0 aromatic heterocycles. The molecule has 0 amide bonds. The van der Waals surface area contributed by atoms with Gasteiger partial charge in [-0.05, 0) is 33.6 Å². The molecule has 0 aliphatic carbocycles. The Morgan fingerprint density at radius 1 is 1.23 bits per heavy atom. The third-order valence-electron chi connectivity index (χ3n) is 2.67. The van der Waals surface area contributed by atoms with Crippen molar-refractivity contribution in [3.8, 4) is 0 Å². The molecule has 2 nitrogen and oxygen atoms in total. The normalized spacial score (nSPS) is 12.5. The van der Waals surface area contributed by atoms with Gasteiger partial charge in [0.1, 0.15) is 0 Å². The molecule has 1 N–H and O–H groups in total.